The molecule has 0 saturated heterocycles. The fourth-order valence-corrected chi connectivity index (χ4v) is 2.03. The van der Waals surface area contributed by atoms with E-state index in [0.717, 1.165) is 17.1 Å². The van der Waals surface area contributed by atoms with Crippen LogP contribution in [0.3, 0.4) is 0 Å². The van der Waals surface area contributed by atoms with E-state index in [-0.39, 0.29) is 5.91 Å². The first-order valence-electron chi connectivity index (χ1n) is 5.26. The zero-order chi connectivity index (χ0) is 13.0. The number of nitriles is 1. The molecule has 0 aliphatic carbocycles. The lowest BCUT2D eigenvalue weighted by atomic mass is 10.1. The summed E-state index contributed by atoms with van der Waals surface area (Å²) >= 11 is 1.02. The number of aryl methyl sites for hydroxylation is 1. The van der Waals surface area contributed by atoms with E-state index in [4.69, 9.17) is 5.26 Å². The standard InChI is InChI=1S/C12H10N4OS/c1-8-11(18-16-15-8)12(17)14-10(7-13)9-5-3-2-4-6-9/h2-6,10H,1H3,(H,14,17). The number of benzene rings is 1. The Bertz CT molecular complexity index is 588. The molecule has 0 saturated carbocycles. The van der Waals surface area contributed by atoms with E-state index < -0.39 is 6.04 Å². The molecule has 0 aliphatic rings. The molecule has 1 heterocycles. The van der Waals surface area contributed by atoms with Gasteiger partial charge in [0.15, 0.2) is 0 Å². The summed E-state index contributed by atoms with van der Waals surface area (Å²) in [5.41, 5.74) is 1.32. The number of amides is 1. The second-order valence-corrected chi connectivity index (χ2v) is 4.39. The van der Waals surface area contributed by atoms with E-state index in [1.165, 1.54) is 0 Å². The van der Waals surface area contributed by atoms with Crippen molar-refractivity contribution in [1.29, 1.82) is 5.26 Å². The summed E-state index contributed by atoms with van der Waals surface area (Å²) in [6.45, 7) is 1.71. The molecule has 6 heteroatoms. The molecule has 90 valence electrons. The van der Waals surface area contributed by atoms with Crippen LogP contribution in [0.1, 0.15) is 27.0 Å². The van der Waals surface area contributed by atoms with Crippen molar-refractivity contribution in [3.05, 3.63) is 46.5 Å². The van der Waals surface area contributed by atoms with E-state index in [0.29, 0.717) is 10.6 Å². The Kier molecular flexibility index (Phi) is 3.65. The molecular weight excluding hydrogens is 248 g/mol. The molecule has 1 N–H and O–H groups in total. The van der Waals surface area contributed by atoms with Gasteiger partial charge in [-0.2, -0.15) is 5.26 Å². The molecule has 1 aromatic carbocycles. The first-order valence-corrected chi connectivity index (χ1v) is 6.04. The molecule has 0 aliphatic heterocycles. The summed E-state index contributed by atoms with van der Waals surface area (Å²) in [6.07, 6.45) is 0. The van der Waals surface area contributed by atoms with Crippen LogP contribution in [0.5, 0.6) is 0 Å². The number of rotatable bonds is 3. The van der Waals surface area contributed by atoms with E-state index in [9.17, 15) is 4.79 Å². The highest BCUT2D eigenvalue weighted by molar-refractivity contribution is 7.08. The van der Waals surface area contributed by atoms with E-state index in [1.807, 2.05) is 18.2 Å². The van der Waals surface area contributed by atoms with E-state index in [2.05, 4.69) is 21.0 Å². The minimum Gasteiger partial charge on any atom is -0.332 e. The van der Waals surface area contributed by atoms with Crippen molar-refractivity contribution in [2.45, 2.75) is 13.0 Å². The SMILES string of the molecule is Cc1nnsc1C(=O)NC(C#N)c1ccccc1. The minimum atomic E-state index is -0.666. The number of hydrogen-bond acceptors (Lipinski definition) is 5. The molecule has 1 unspecified atom stereocenters. The molecule has 1 aromatic heterocycles. The van der Waals surface area contributed by atoms with Crippen molar-refractivity contribution in [3.8, 4) is 6.07 Å². The smallest absolute Gasteiger partial charge is 0.266 e. The molecule has 0 spiro atoms. The normalized spacial score (nSPS) is 11.6. The van der Waals surface area contributed by atoms with Gasteiger partial charge in [0.1, 0.15) is 10.9 Å². The van der Waals surface area contributed by atoms with Crippen LogP contribution in [0.2, 0.25) is 0 Å². The average molecular weight is 258 g/mol. The first kappa shape index (κ1) is 12.2. The van der Waals surface area contributed by atoms with E-state index in [1.54, 1.807) is 19.1 Å². The molecule has 1 atom stereocenters. The largest absolute Gasteiger partial charge is 0.332 e. The maximum absolute atomic E-state index is 11.9. The fourth-order valence-electron chi connectivity index (χ4n) is 1.47. The van der Waals surface area contributed by atoms with Gasteiger partial charge in [-0.25, -0.2) is 0 Å². The third kappa shape index (κ3) is 2.52. The second-order valence-electron chi connectivity index (χ2n) is 3.63. The van der Waals surface area contributed by atoms with Gasteiger partial charge in [-0.05, 0) is 24.0 Å². The predicted octanol–water partition coefficient (Wildman–Crippen LogP) is 1.84. The highest BCUT2D eigenvalue weighted by atomic mass is 32.1. The highest BCUT2D eigenvalue weighted by Crippen LogP contribution is 2.14. The van der Waals surface area contributed by atoms with Gasteiger partial charge in [0.05, 0.1) is 11.8 Å². The molecule has 2 aromatic rings. The Labute approximate surface area is 108 Å². The van der Waals surface area contributed by atoms with Crippen LogP contribution in [0.15, 0.2) is 30.3 Å². The van der Waals surface area contributed by atoms with Crippen molar-refractivity contribution < 1.29 is 4.79 Å². The van der Waals surface area contributed by atoms with Crippen molar-refractivity contribution in [2.75, 3.05) is 0 Å². The summed E-state index contributed by atoms with van der Waals surface area (Å²) in [7, 11) is 0. The Hall–Kier alpha value is -2.26. The Balaban J connectivity index is 2.16. The van der Waals surface area contributed by atoms with Gasteiger partial charge in [0.25, 0.3) is 5.91 Å². The maximum atomic E-state index is 11.9. The number of nitrogens with one attached hydrogen (secondary N) is 1. The number of nitrogens with zero attached hydrogens (tertiary/aromatic N) is 3. The lowest BCUT2D eigenvalue weighted by Gasteiger charge is -2.10. The lowest BCUT2D eigenvalue weighted by Crippen LogP contribution is -2.27. The van der Waals surface area contributed by atoms with Gasteiger partial charge in [-0.15, -0.1) is 5.10 Å². The first-order chi connectivity index (χ1) is 8.72. The molecule has 1 amide bonds. The van der Waals surface area contributed by atoms with Crippen LogP contribution >= 0.6 is 11.5 Å². The maximum Gasteiger partial charge on any atom is 0.266 e. The van der Waals surface area contributed by atoms with Gasteiger partial charge < -0.3 is 5.32 Å². The van der Waals surface area contributed by atoms with Crippen LogP contribution in [-0.4, -0.2) is 15.5 Å². The lowest BCUT2D eigenvalue weighted by molar-refractivity contribution is 0.0948. The van der Waals surface area contributed by atoms with Crippen LogP contribution < -0.4 is 5.32 Å². The Morgan fingerprint density at radius 2 is 2.17 bits per heavy atom. The molecular formula is C12H10N4OS. The van der Waals surface area contributed by atoms with Crippen LogP contribution in [-0.2, 0) is 0 Å². The fraction of sp³-hybridized carbons (Fsp3) is 0.167. The van der Waals surface area contributed by atoms with Crippen LogP contribution in [0, 0.1) is 18.3 Å². The Morgan fingerprint density at radius 1 is 1.44 bits per heavy atom. The van der Waals surface area contributed by atoms with Crippen LogP contribution in [0.25, 0.3) is 0 Å². The summed E-state index contributed by atoms with van der Waals surface area (Å²) in [6, 6.07) is 10.5. The number of aromatic nitrogens is 2. The van der Waals surface area contributed by atoms with Crippen molar-refractivity contribution in [3.63, 3.8) is 0 Å². The predicted molar refractivity (Wildman–Crippen MR) is 66.9 cm³/mol. The third-order valence-electron chi connectivity index (χ3n) is 2.40. The molecule has 0 radical (unpaired) electrons. The zero-order valence-electron chi connectivity index (χ0n) is 9.62. The number of carbonyl (C=O) groups excluding carboxylic acids is 1. The molecule has 2 rings (SSSR count). The monoisotopic (exact) mass is 258 g/mol. The van der Waals surface area contributed by atoms with Gasteiger partial charge in [0, 0.05) is 0 Å². The summed E-state index contributed by atoms with van der Waals surface area (Å²) < 4.78 is 3.70. The molecule has 5 nitrogen and oxygen atoms in total. The second kappa shape index (κ2) is 5.38. The minimum absolute atomic E-state index is 0.321. The summed E-state index contributed by atoms with van der Waals surface area (Å²) in [5.74, 6) is -0.321. The average Bonchev–Trinajstić information content (AvgIpc) is 2.83. The number of carbonyl (C=O) groups is 1. The summed E-state index contributed by atoms with van der Waals surface area (Å²) in [4.78, 5) is 12.4. The topological polar surface area (TPSA) is 78.7 Å². The van der Waals surface area contributed by atoms with Gasteiger partial charge in [-0.3, -0.25) is 4.79 Å². The molecule has 0 bridgehead atoms. The third-order valence-corrected chi connectivity index (χ3v) is 3.22. The van der Waals surface area contributed by atoms with Crippen molar-refractivity contribution in [1.82, 2.24) is 14.9 Å². The summed E-state index contributed by atoms with van der Waals surface area (Å²) in [5, 5.41) is 15.5. The van der Waals surface area contributed by atoms with Gasteiger partial charge >= 0.3 is 0 Å². The van der Waals surface area contributed by atoms with Gasteiger partial charge in [0.2, 0.25) is 0 Å². The van der Waals surface area contributed by atoms with Crippen molar-refractivity contribution >= 4 is 17.4 Å². The number of hydrogen-bond donors (Lipinski definition) is 1. The van der Waals surface area contributed by atoms with E-state index >= 15 is 0 Å². The zero-order valence-corrected chi connectivity index (χ0v) is 10.4. The van der Waals surface area contributed by atoms with Crippen LogP contribution in [0.4, 0.5) is 0 Å². The molecule has 18 heavy (non-hydrogen) atoms. The Morgan fingerprint density at radius 3 is 2.72 bits per heavy atom. The molecule has 0 fully saturated rings. The van der Waals surface area contributed by atoms with Crippen molar-refractivity contribution in [2.24, 2.45) is 0 Å². The van der Waals surface area contributed by atoms with Gasteiger partial charge in [-0.1, -0.05) is 34.8 Å². The quantitative estimate of drug-likeness (QED) is 0.911. The highest BCUT2D eigenvalue weighted by Gasteiger charge is 2.18.